The van der Waals surface area contributed by atoms with Crippen LogP contribution in [0.1, 0.15) is 18.3 Å². The van der Waals surface area contributed by atoms with Crippen LogP contribution in [0.3, 0.4) is 0 Å². The van der Waals surface area contributed by atoms with Crippen LogP contribution in [0, 0.1) is 6.92 Å². The summed E-state index contributed by atoms with van der Waals surface area (Å²) in [6.45, 7) is 4.18. The first-order chi connectivity index (χ1) is 10.4. The third kappa shape index (κ3) is 3.91. The first-order valence-corrected chi connectivity index (χ1v) is 7.13. The molecule has 1 aromatic rings. The van der Waals surface area contributed by atoms with Crippen LogP contribution in [-0.4, -0.2) is 69.0 Å². The van der Waals surface area contributed by atoms with Crippen molar-refractivity contribution in [2.45, 2.75) is 26.4 Å². The number of rotatable bonds is 2. The highest BCUT2D eigenvalue weighted by molar-refractivity contribution is 5.79. The third-order valence-corrected chi connectivity index (χ3v) is 3.64. The fourth-order valence-electron chi connectivity index (χ4n) is 2.41. The lowest BCUT2D eigenvalue weighted by molar-refractivity contribution is -0.132. The lowest BCUT2D eigenvalue weighted by Gasteiger charge is -2.21. The van der Waals surface area contributed by atoms with Crippen LogP contribution in [0.25, 0.3) is 0 Å². The van der Waals surface area contributed by atoms with Crippen LogP contribution in [0.4, 0.5) is 0 Å². The summed E-state index contributed by atoms with van der Waals surface area (Å²) < 4.78 is 0. The van der Waals surface area contributed by atoms with Crippen LogP contribution >= 0.6 is 0 Å². The van der Waals surface area contributed by atoms with E-state index in [-0.39, 0.29) is 42.4 Å². The molecular formula is C14H20N4O4. The molecule has 1 aliphatic rings. The van der Waals surface area contributed by atoms with Gasteiger partial charge < -0.3 is 19.9 Å². The Labute approximate surface area is 127 Å². The first kappa shape index (κ1) is 16.2. The standard InChI is InChI=1S/C14H20N4O4/c1-9-15-6-11(14(22)16-9)5-13(21)18-4-3-17(10(2)19)7-12(20)8-18/h6,12,20H,3-5,7-8H2,1-2H3,(H,15,16,22)/t12-/m1/s1. The predicted octanol–water partition coefficient (Wildman–Crippen LogP) is -1.33. The van der Waals surface area contributed by atoms with Crippen molar-refractivity contribution < 1.29 is 14.7 Å². The zero-order valence-corrected chi connectivity index (χ0v) is 12.7. The van der Waals surface area contributed by atoms with Crippen molar-refractivity contribution in [3.63, 3.8) is 0 Å². The number of aryl methyl sites for hydroxylation is 1. The second kappa shape index (κ2) is 6.69. The number of aromatic nitrogens is 2. The van der Waals surface area contributed by atoms with Gasteiger partial charge in [-0.2, -0.15) is 0 Å². The van der Waals surface area contributed by atoms with Crippen LogP contribution in [0.2, 0.25) is 0 Å². The van der Waals surface area contributed by atoms with Crippen molar-refractivity contribution in [1.82, 2.24) is 19.8 Å². The number of hydrogen-bond acceptors (Lipinski definition) is 5. The van der Waals surface area contributed by atoms with E-state index < -0.39 is 6.10 Å². The minimum atomic E-state index is -0.787. The van der Waals surface area contributed by atoms with Gasteiger partial charge >= 0.3 is 0 Å². The molecule has 1 saturated heterocycles. The molecular weight excluding hydrogens is 288 g/mol. The molecule has 1 aromatic heterocycles. The maximum absolute atomic E-state index is 12.3. The number of nitrogens with zero attached hydrogens (tertiary/aromatic N) is 3. The van der Waals surface area contributed by atoms with Crippen molar-refractivity contribution in [1.29, 1.82) is 0 Å². The van der Waals surface area contributed by atoms with Crippen LogP contribution in [-0.2, 0) is 16.0 Å². The largest absolute Gasteiger partial charge is 0.389 e. The van der Waals surface area contributed by atoms with Gasteiger partial charge in [0.1, 0.15) is 5.82 Å². The van der Waals surface area contributed by atoms with E-state index in [1.807, 2.05) is 0 Å². The molecule has 2 heterocycles. The fourth-order valence-corrected chi connectivity index (χ4v) is 2.41. The molecule has 120 valence electrons. The minimum absolute atomic E-state index is 0.0740. The van der Waals surface area contributed by atoms with Crippen molar-refractivity contribution in [2.75, 3.05) is 26.2 Å². The maximum atomic E-state index is 12.3. The zero-order chi connectivity index (χ0) is 16.3. The van der Waals surface area contributed by atoms with E-state index in [9.17, 15) is 19.5 Å². The molecule has 0 spiro atoms. The molecule has 8 heteroatoms. The Bertz CT molecular complexity index is 628. The molecule has 0 unspecified atom stereocenters. The van der Waals surface area contributed by atoms with Crippen LogP contribution < -0.4 is 5.56 Å². The van der Waals surface area contributed by atoms with E-state index in [2.05, 4.69) is 9.97 Å². The van der Waals surface area contributed by atoms with Gasteiger partial charge in [-0.25, -0.2) is 4.98 Å². The Balaban J connectivity index is 2.06. The Kier molecular flexibility index (Phi) is 4.92. The number of aliphatic hydroxyl groups excluding tert-OH is 1. The monoisotopic (exact) mass is 308 g/mol. The van der Waals surface area contributed by atoms with Gasteiger partial charge in [-0.15, -0.1) is 0 Å². The Hall–Kier alpha value is -2.22. The van der Waals surface area contributed by atoms with Gasteiger partial charge in [-0.05, 0) is 6.92 Å². The summed E-state index contributed by atoms with van der Waals surface area (Å²) >= 11 is 0. The SMILES string of the molecule is CC(=O)N1CCN(C(=O)Cc2cnc(C)[nH]c2=O)C[C@H](O)C1. The van der Waals surface area contributed by atoms with Gasteiger partial charge in [-0.1, -0.05) is 0 Å². The van der Waals surface area contributed by atoms with Gasteiger partial charge in [0.25, 0.3) is 5.56 Å². The first-order valence-electron chi connectivity index (χ1n) is 7.13. The van der Waals surface area contributed by atoms with Gasteiger partial charge in [-0.3, -0.25) is 14.4 Å². The third-order valence-electron chi connectivity index (χ3n) is 3.64. The normalized spacial score (nSPS) is 19.0. The number of β-amino-alcohol motifs (C(OH)–C–C–N with tert-alkyl or cyclic N) is 1. The van der Waals surface area contributed by atoms with Crippen LogP contribution in [0.5, 0.6) is 0 Å². The van der Waals surface area contributed by atoms with Gasteiger partial charge in [0.15, 0.2) is 0 Å². The van der Waals surface area contributed by atoms with Crippen molar-refractivity contribution in [2.24, 2.45) is 0 Å². The summed E-state index contributed by atoms with van der Waals surface area (Å²) in [6, 6.07) is 0. The van der Waals surface area contributed by atoms with Crippen molar-refractivity contribution >= 4 is 11.8 Å². The molecule has 0 aliphatic carbocycles. The van der Waals surface area contributed by atoms with E-state index >= 15 is 0 Å². The van der Waals surface area contributed by atoms with Gasteiger partial charge in [0, 0.05) is 44.9 Å². The summed E-state index contributed by atoms with van der Waals surface area (Å²) in [5.41, 5.74) is -0.0423. The Morgan fingerprint density at radius 1 is 1.36 bits per heavy atom. The van der Waals surface area contributed by atoms with Gasteiger partial charge in [0.05, 0.1) is 12.5 Å². The average molecular weight is 308 g/mol. The van der Waals surface area contributed by atoms with Gasteiger partial charge in [0.2, 0.25) is 11.8 Å². The molecule has 1 aliphatic heterocycles. The quantitative estimate of drug-likeness (QED) is 0.704. The molecule has 0 aromatic carbocycles. The number of carbonyl (C=O) groups excluding carboxylic acids is 2. The molecule has 0 bridgehead atoms. The average Bonchev–Trinajstić information content (AvgIpc) is 2.64. The number of hydrogen-bond donors (Lipinski definition) is 2. The number of aromatic amines is 1. The summed E-state index contributed by atoms with van der Waals surface area (Å²) in [5.74, 6) is 0.0941. The molecule has 1 atom stereocenters. The number of H-pyrrole nitrogens is 1. The molecule has 22 heavy (non-hydrogen) atoms. The molecule has 2 rings (SSSR count). The highest BCUT2D eigenvalue weighted by Crippen LogP contribution is 2.06. The summed E-state index contributed by atoms with van der Waals surface area (Å²) in [7, 11) is 0. The van der Waals surface area contributed by atoms with E-state index in [0.717, 1.165) is 0 Å². The Morgan fingerprint density at radius 3 is 2.64 bits per heavy atom. The summed E-state index contributed by atoms with van der Waals surface area (Å²) in [5, 5.41) is 9.92. The molecule has 8 nitrogen and oxygen atoms in total. The Morgan fingerprint density at radius 2 is 2.00 bits per heavy atom. The highest BCUT2D eigenvalue weighted by atomic mass is 16.3. The second-order valence-electron chi connectivity index (χ2n) is 5.46. The van der Waals surface area contributed by atoms with Crippen molar-refractivity contribution in [3.8, 4) is 0 Å². The zero-order valence-electron chi connectivity index (χ0n) is 12.7. The molecule has 0 saturated carbocycles. The number of aliphatic hydroxyl groups is 1. The fraction of sp³-hybridized carbons (Fsp3) is 0.571. The van der Waals surface area contributed by atoms with E-state index in [4.69, 9.17) is 0 Å². The van der Waals surface area contributed by atoms with Crippen LogP contribution in [0.15, 0.2) is 11.0 Å². The van der Waals surface area contributed by atoms with Crippen molar-refractivity contribution in [3.05, 3.63) is 27.9 Å². The number of amides is 2. The summed E-state index contributed by atoms with van der Waals surface area (Å²) in [6.07, 6.45) is 0.530. The topological polar surface area (TPSA) is 107 Å². The highest BCUT2D eigenvalue weighted by Gasteiger charge is 2.25. The second-order valence-corrected chi connectivity index (χ2v) is 5.46. The molecule has 2 amide bonds. The molecule has 0 radical (unpaired) electrons. The lowest BCUT2D eigenvalue weighted by atomic mass is 10.2. The molecule has 2 N–H and O–H groups in total. The summed E-state index contributed by atoms with van der Waals surface area (Å²) in [4.78, 5) is 45.0. The van der Waals surface area contributed by atoms with E-state index in [0.29, 0.717) is 18.9 Å². The van der Waals surface area contributed by atoms with E-state index in [1.54, 1.807) is 6.92 Å². The lowest BCUT2D eigenvalue weighted by Crippen LogP contribution is -2.39. The predicted molar refractivity (Wildman–Crippen MR) is 78.1 cm³/mol. The minimum Gasteiger partial charge on any atom is -0.389 e. The van der Waals surface area contributed by atoms with E-state index in [1.165, 1.54) is 22.9 Å². The number of carbonyl (C=O) groups is 2. The number of nitrogens with one attached hydrogen (secondary N) is 1. The molecule has 1 fully saturated rings. The smallest absolute Gasteiger partial charge is 0.254 e. The maximum Gasteiger partial charge on any atom is 0.254 e.